The summed E-state index contributed by atoms with van der Waals surface area (Å²) in [5.74, 6) is 0.947. The fraction of sp³-hybridized carbons (Fsp3) is 0.750. The fourth-order valence-corrected chi connectivity index (χ4v) is 3.54. The molecule has 0 bridgehead atoms. The minimum absolute atomic E-state index is 0.213. The van der Waals surface area contributed by atoms with Crippen molar-refractivity contribution >= 4 is 0 Å². The van der Waals surface area contributed by atoms with Gasteiger partial charge in [0.25, 0.3) is 0 Å². The highest BCUT2D eigenvalue weighted by Gasteiger charge is 2.40. The molecule has 0 saturated heterocycles. The van der Waals surface area contributed by atoms with Crippen molar-refractivity contribution in [2.75, 3.05) is 6.61 Å². The molecule has 3 rings (SSSR count). The first-order valence-electron chi connectivity index (χ1n) is 8.03. The summed E-state index contributed by atoms with van der Waals surface area (Å²) in [6.45, 7) is 6.82. The molecular formula is C16H25N3O. The number of hydrogen-bond acceptors (Lipinski definition) is 4. The van der Waals surface area contributed by atoms with Crippen LogP contribution in [0.2, 0.25) is 0 Å². The maximum atomic E-state index is 6.12. The first-order chi connectivity index (χ1) is 9.79. The molecule has 1 N–H and O–H groups in total. The lowest BCUT2D eigenvalue weighted by atomic mass is 9.99. The Hall–Kier alpha value is -1.00. The lowest BCUT2D eigenvalue weighted by Gasteiger charge is -2.28. The third-order valence-corrected chi connectivity index (χ3v) is 4.50. The Morgan fingerprint density at radius 3 is 2.65 bits per heavy atom. The quantitative estimate of drug-likeness (QED) is 0.897. The molecule has 4 nitrogen and oxygen atoms in total. The monoisotopic (exact) mass is 275 g/mol. The number of nitrogens with zero attached hydrogens (tertiary/aromatic N) is 2. The van der Waals surface area contributed by atoms with Gasteiger partial charge in [-0.2, -0.15) is 0 Å². The number of nitrogens with one attached hydrogen (secondary N) is 1. The van der Waals surface area contributed by atoms with E-state index < -0.39 is 0 Å². The number of aromatic nitrogens is 2. The molecule has 1 aromatic rings. The topological polar surface area (TPSA) is 47.0 Å². The summed E-state index contributed by atoms with van der Waals surface area (Å²) in [5.41, 5.74) is 3.56. The molecule has 1 fully saturated rings. The zero-order chi connectivity index (χ0) is 14.0. The van der Waals surface area contributed by atoms with E-state index in [2.05, 4.69) is 19.2 Å². The van der Waals surface area contributed by atoms with Gasteiger partial charge < -0.3 is 10.1 Å². The van der Waals surface area contributed by atoms with E-state index in [4.69, 9.17) is 14.7 Å². The first kappa shape index (κ1) is 14.0. The molecule has 20 heavy (non-hydrogen) atoms. The highest BCUT2D eigenvalue weighted by atomic mass is 16.5. The average Bonchev–Trinajstić information content (AvgIpc) is 3.08. The molecular weight excluding hydrogens is 250 g/mol. The van der Waals surface area contributed by atoms with Crippen LogP contribution in [0.3, 0.4) is 0 Å². The molecule has 4 heteroatoms. The predicted molar refractivity (Wildman–Crippen MR) is 78.3 cm³/mol. The molecule has 0 aromatic carbocycles. The van der Waals surface area contributed by atoms with E-state index in [9.17, 15) is 0 Å². The highest BCUT2D eigenvalue weighted by molar-refractivity contribution is 5.31. The molecule has 2 aliphatic rings. The summed E-state index contributed by atoms with van der Waals surface area (Å²) in [7, 11) is 0. The lowest BCUT2D eigenvalue weighted by molar-refractivity contribution is -0.0459. The summed E-state index contributed by atoms with van der Waals surface area (Å²) in [4.78, 5) is 9.80. The van der Waals surface area contributed by atoms with Crippen LogP contribution in [0.4, 0.5) is 0 Å². The van der Waals surface area contributed by atoms with Crippen molar-refractivity contribution in [3.05, 3.63) is 22.8 Å². The number of fused-ring (bicyclic) bond motifs is 1. The Balaban J connectivity index is 2.02. The standard InChI is InChI=1S/C16H25N3O/c1-3-7-13-12-10-17-11-14(12)19-15(18-13)16(20-4-2)8-5-6-9-16/h17H,3-11H2,1-2H3. The van der Waals surface area contributed by atoms with Crippen molar-refractivity contribution in [1.29, 1.82) is 0 Å². The van der Waals surface area contributed by atoms with Gasteiger partial charge in [-0.1, -0.05) is 13.3 Å². The second-order valence-corrected chi connectivity index (χ2v) is 5.91. The third kappa shape index (κ3) is 2.35. The van der Waals surface area contributed by atoms with Crippen LogP contribution in [-0.4, -0.2) is 16.6 Å². The predicted octanol–water partition coefficient (Wildman–Crippen LogP) is 2.84. The van der Waals surface area contributed by atoms with Gasteiger partial charge in [-0.25, -0.2) is 9.97 Å². The number of aryl methyl sites for hydroxylation is 1. The van der Waals surface area contributed by atoms with Crippen molar-refractivity contribution in [2.24, 2.45) is 0 Å². The Bertz CT molecular complexity index is 481. The molecule has 0 radical (unpaired) electrons. The Labute approximate surface area is 121 Å². The summed E-state index contributed by atoms with van der Waals surface area (Å²) in [6.07, 6.45) is 6.76. The van der Waals surface area contributed by atoms with Gasteiger partial charge in [-0.3, -0.25) is 0 Å². The highest BCUT2D eigenvalue weighted by Crippen LogP contribution is 2.41. The van der Waals surface area contributed by atoms with Crippen molar-refractivity contribution in [3.8, 4) is 0 Å². The zero-order valence-corrected chi connectivity index (χ0v) is 12.7. The van der Waals surface area contributed by atoms with Crippen molar-refractivity contribution in [3.63, 3.8) is 0 Å². The molecule has 1 aliphatic carbocycles. The van der Waals surface area contributed by atoms with Gasteiger partial charge in [0.1, 0.15) is 5.60 Å². The van der Waals surface area contributed by atoms with E-state index in [0.29, 0.717) is 0 Å². The number of rotatable bonds is 5. The lowest BCUT2D eigenvalue weighted by Crippen LogP contribution is -2.30. The molecule has 1 aromatic heterocycles. The summed E-state index contributed by atoms with van der Waals surface area (Å²) >= 11 is 0. The average molecular weight is 275 g/mol. The van der Waals surface area contributed by atoms with Crippen molar-refractivity contribution in [2.45, 2.75) is 71.1 Å². The van der Waals surface area contributed by atoms with Crippen LogP contribution in [0.25, 0.3) is 0 Å². The molecule has 1 aliphatic heterocycles. The van der Waals surface area contributed by atoms with Crippen LogP contribution >= 0.6 is 0 Å². The van der Waals surface area contributed by atoms with Gasteiger partial charge in [0.05, 0.1) is 5.69 Å². The van der Waals surface area contributed by atoms with Gasteiger partial charge in [0.2, 0.25) is 0 Å². The molecule has 0 spiro atoms. The van der Waals surface area contributed by atoms with Gasteiger partial charge in [-0.15, -0.1) is 0 Å². The van der Waals surface area contributed by atoms with Crippen LogP contribution < -0.4 is 5.32 Å². The Morgan fingerprint density at radius 1 is 1.15 bits per heavy atom. The minimum Gasteiger partial charge on any atom is -0.367 e. The van der Waals surface area contributed by atoms with Crippen LogP contribution in [0.5, 0.6) is 0 Å². The van der Waals surface area contributed by atoms with E-state index >= 15 is 0 Å². The summed E-state index contributed by atoms with van der Waals surface area (Å²) in [5, 5.41) is 3.41. The molecule has 0 atom stereocenters. The largest absolute Gasteiger partial charge is 0.367 e. The third-order valence-electron chi connectivity index (χ3n) is 4.50. The Morgan fingerprint density at radius 2 is 1.95 bits per heavy atom. The number of ether oxygens (including phenoxy) is 1. The fourth-order valence-electron chi connectivity index (χ4n) is 3.54. The van der Waals surface area contributed by atoms with E-state index in [-0.39, 0.29) is 5.60 Å². The summed E-state index contributed by atoms with van der Waals surface area (Å²) in [6, 6.07) is 0. The minimum atomic E-state index is -0.213. The molecule has 110 valence electrons. The van der Waals surface area contributed by atoms with Gasteiger partial charge in [-0.05, 0) is 39.0 Å². The zero-order valence-electron chi connectivity index (χ0n) is 12.7. The molecule has 2 heterocycles. The van der Waals surface area contributed by atoms with Crippen LogP contribution in [0.15, 0.2) is 0 Å². The number of hydrogen-bond donors (Lipinski definition) is 1. The molecule has 0 amide bonds. The van der Waals surface area contributed by atoms with Crippen LogP contribution in [0.1, 0.15) is 68.7 Å². The maximum absolute atomic E-state index is 6.12. The maximum Gasteiger partial charge on any atom is 0.160 e. The van der Waals surface area contributed by atoms with E-state index in [0.717, 1.165) is 51.2 Å². The normalized spacial score (nSPS) is 20.3. The smallest absolute Gasteiger partial charge is 0.160 e. The van der Waals surface area contributed by atoms with Gasteiger partial charge in [0, 0.05) is 31.0 Å². The first-order valence-corrected chi connectivity index (χ1v) is 8.03. The Kier molecular flexibility index (Phi) is 4.03. The van der Waals surface area contributed by atoms with Crippen LogP contribution in [0, 0.1) is 0 Å². The second-order valence-electron chi connectivity index (χ2n) is 5.91. The van der Waals surface area contributed by atoms with Crippen molar-refractivity contribution < 1.29 is 4.74 Å². The summed E-state index contributed by atoms with van der Waals surface area (Å²) < 4.78 is 6.12. The van der Waals surface area contributed by atoms with Crippen molar-refractivity contribution in [1.82, 2.24) is 15.3 Å². The molecule has 1 saturated carbocycles. The van der Waals surface area contributed by atoms with E-state index in [1.165, 1.54) is 29.8 Å². The molecule has 0 unspecified atom stereocenters. The van der Waals surface area contributed by atoms with E-state index in [1.807, 2.05) is 0 Å². The SMILES string of the molecule is CCCc1nc(C2(OCC)CCCC2)nc2c1CNC2. The van der Waals surface area contributed by atoms with Gasteiger partial charge in [0.15, 0.2) is 5.82 Å². The second kappa shape index (κ2) is 5.78. The van der Waals surface area contributed by atoms with E-state index in [1.54, 1.807) is 0 Å². The van der Waals surface area contributed by atoms with Crippen LogP contribution in [-0.2, 0) is 29.8 Å². The van der Waals surface area contributed by atoms with Gasteiger partial charge >= 0.3 is 0 Å².